The van der Waals surface area contributed by atoms with E-state index in [0.717, 1.165) is 0 Å². The third-order valence-corrected chi connectivity index (χ3v) is 15.3. The molecule has 1 heteroatoms. The zero-order chi connectivity index (χ0) is 41.8. The summed E-state index contributed by atoms with van der Waals surface area (Å²) in [6, 6.07) is 77.8. The van der Waals surface area contributed by atoms with Gasteiger partial charge in [0, 0.05) is 31.5 Å². The van der Waals surface area contributed by atoms with Gasteiger partial charge in [0.1, 0.15) is 0 Å². The van der Waals surface area contributed by atoms with Crippen LogP contribution in [-0.4, -0.2) is 0 Å². The van der Waals surface area contributed by atoms with Gasteiger partial charge in [-0.2, -0.15) is 0 Å². The molecule has 0 radical (unpaired) electrons. The van der Waals surface area contributed by atoms with E-state index in [1.165, 1.54) is 125 Å². The predicted molar refractivity (Wildman–Crippen MR) is 270 cm³/mol. The predicted octanol–water partition coefficient (Wildman–Crippen LogP) is 17.1. The molecule has 0 saturated carbocycles. The Labute approximate surface area is 372 Å². The average molecular weight is 819 g/mol. The first-order chi connectivity index (χ1) is 31.0. The topological polar surface area (TPSA) is 0 Å². The summed E-state index contributed by atoms with van der Waals surface area (Å²) < 4.78 is 2.66. The number of benzene rings is 10. The van der Waals surface area contributed by atoms with Gasteiger partial charge in [-0.1, -0.05) is 196 Å². The van der Waals surface area contributed by atoms with E-state index in [1.54, 1.807) is 0 Å². The highest BCUT2D eigenvalue weighted by molar-refractivity contribution is 7.25. The molecule has 0 nitrogen and oxygen atoms in total. The summed E-state index contributed by atoms with van der Waals surface area (Å²) in [7, 11) is 0. The molecule has 11 aromatic rings. The second-order valence-corrected chi connectivity index (χ2v) is 19.1. The van der Waals surface area contributed by atoms with Crippen LogP contribution in [0.2, 0.25) is 0 Å². The fourth-order valence-corrected chi connectivity index (χ4v) is 12.2. The largest absolute Gasteiger partial charge is 0.135 e. The van der Waals surface area contributed by atoms with Crippen molar-refractivity contribution in [3.63, 3.8) is 0 Å². The zero-order valence-corrected chi connectivity index (χ0v) is 36.0. The highest BCUT2D eigenvalue weighted by atomic mass is 32.1. The van der Waals surface area contributed by atoms with Gasteiger partial charge in [-0.05, 0) is 135 Å². The van der Waals surface area contributed by atoms with E-state index in [-0.39, 0.29) is 11.3 Å². The molecule has 0 fully saturated rings. The molecule has 0 bridgehead atoms. The minimum absolute atomic E-state index is 0.0663. The minimum Gasteiger partial charge on any atom is -0.135 e. The Morgan fingerprint density at radius 3 is 1.89 bits per heavy atom. The highest BCUT2D eigenvalue weighted by Crippen LogP contribution is 2.51. The van der Waals surface area contributed by atoms with Crippen LogP contribution in [-0.2, 0) is 5.41 Å². The molecule has 0 amide bonds. The van der Waals surface area contributed by atoms with Crippen LogP contribution < -0.4 is 0 Å². The van der Waals surface area contributed by atoms with E-state index in [9.17, 15) is 0 Å². The van der Waals surface area contributed by atoms with Gasteiger partial charge >= 0.3 is 0 Å². The molecular weight excluding hydrogens is 777 g/mol. The molecular formula is C62H42S. The molecule has 2 aliphatic rings. The van der Waals surface area contributed by atoms with Crippen LogP contribution in [0.25, 0.3) is 86.7 Å². The van der Waals surface area contributed by atoms with Gasteiger partial charge in [0.2, 0.25) is 0 Å². The SMILES string of the molecule is CC1(C)c2ccccc2-c2ccc(C(c3ccccc3)c3ccc(C4=Cc5cc6ccccc6cc5-c5ccc(-c6ccc7c(c6)sc6ccccc67)c6cccc4c56)cc3)cc21. The van der Waals surface area contributed by atoms with Gasteiger partial charge in [0.15, 0.2) is 0 Å². The van der Waals surface area contributed by atoms with Crippen LogP contribution in [0.4, 0.5) is 0 Å². The van der Waals surface area contributed by atoms with Crippen molar-refractivity contribution >= 4 is 64.7 Å². The maximum absolute atomic E-state index is 2.49. The monoisotopic (exact) mass is 818 g/mol. The maximum Gasteiger partial charge on any atom is 0.0361 e. The summed E-state index contributed by atoms with van der Waals surface area (Å²) in [6.45, 7) is 4.75. The number of fused-ring (bicyclic) bond motifs is 9. The van der Waals surface area contributed by atoms with Crippen molar-refractivity contribution in [2.24, 2.45) is 0 Å². The van der Waals surface area contributed by atoms with Gasteiger partial charge in [-0.15, -0.1) is 11.3 Å². The van der Waals surface area contributed by atoms with Crippen LogP contribution in [0.5, 0.6) is 0 Å². The lowest BCUT2D eigenvalue weighted by molar-refractivity contribution is 0.659. The summed E-state index contributed by atoms with van der Waals surface area (Å²) in [5.74, 6) is 0.0882. The van der Waals surface area contributed by atoms with Crippen molar-refractivity contribution in [1.29, 1.82) is 0 Å². The first-order valence-electron chi connectivity index (χ1n) is 22.1. The van der Waals surface area contributed by atoms with Gasteiger partial charge in [0.05, 0.1) is 0 Å². The van der Waals surface area contributed by atoms with Crippen molar-refractivity contribution in [3.8, 4) is 33.4 Å². The molecule has 0 saturated heterocycles. The Balaban J connectivity index is 0.976. The van der Waals surface area contributed by atoms with E-state index < -0.39 is 0 Å². The van der Waals surface area contributed by atoms with Gasteiger partial charge in [-0.25, -0.2) is 0 Å². The second kappa shape index (κ2) is 13.8. The van der Waals surface area contributed by atoms with Crippen LogP contribution in [0.15, 0.2) is 206 Å². The maximum atomic E-state index is 2.49. The van der Waals surface area contributed by atoms with Crippen LogP contribution in [0.3, 0.4) is 0 Å². The minimum atomic E-state index is -0.0663. The molecule has 1 heterocycles. The molecule has 1 unspecified atom stereocenters. The summed E-state index contributed by atoms with van der Waals surface area (Å²) >= 11 is 1.88. The Morgan fingerprint density at radius 1 is 0.381 bits per heavy atom. The van der Waals surface area contributed by atoms with Crippen molar-refractivity contribution < 1.29 is 0 Å². The summed E-state index contributed by atoms with van der Waals surface area (Å²) in [5.41, 5.74) is 19.4. The standard InChI is InChI=1S/C62H42S/c1-62(2)56-21-10-8-17-47(56)48-29-28-44(36-57(48)62)60(39-13-4-3-5-14-39)40-25-23-38(24-26-40)54-35-45-33-41-15-6-7-16-42(41)34-55(45)53-32-31-46(51-19-12-20-52(54)61(51)53)43-27-30-50-49-18-9-11-22-58(49)63-59(50)37-43/h3-37,60H,1-2H3. The quantitative estimate of drug-likeness (QED) is 0.152. The lowest BCUT2D eigenvalue weighted by Gasteiger charge is -2.25. The van der Waals surface area contributed by atoms with Crippen molar-refractivity contribution in [1.82, 2.24) is 0 Å². The van der Waals surface area contributed by atoms with Crippen LogP contribution in [0.1, 0.15) is 64.3 Å². The Hall–Kier alpha value is -7.32. The fourth-order valence-electron chi connectivity index (χ4n) is 11.1. The molecule has 0 spiro atoms. The first-order valence-corrected chi connectivity index (χ1v) is 22.9. The average Bonchev–Trinajstić information content (AvgIpc) is 3.76. The van der Waals surface area contributed by atoms with Crippen LogP contribution in [0, 0.1) is 0 Å². The third-order valence-electron chi connectivity index (χ3n) is 14.2. The number of hydrogen-bond donors (Lipinski definition) is 0. The van der Waals surface area contributed by atoms with E-state index >= 15 is 0 Å². The Morgan fingerprint density at radius 2 is 1.02 bits per heavy atom. The number of rotatable bonds is 5. The van der Waals surface area contributed by atoms with Gasteiger partial charge in [-0.3, -0.25) is 0 Å². The summed E-state index contributed by atoms with van der Waals surface area (Å²) in [4.78, 5) is 0. The lowest BCUT2D eigenvalue weighted by Crippen LogP contribution is -2.15. The normalized spacial score (nSPS) is 14.0. The van der Waals surface area contributed by atoms with Crippen molar-refractivity contribution in [2.45, 2.75) is 25.2 Å². The van der Waals surface area contributed by atoms with E-state index in [1.807, 2.05) is 11.3 Å². The molecule has 10 aromatic carbocycles. The van der Waals surface area contributed by atoms with Crippen molar-refractivity contribution in [2.75, 3.05) is 0 Å². The van der Waals surface area contributed by atoms with Crippen LogP contribution >= 0.6 is 11.3 Å². The smallest absolute Gasteiger partial charge is 0.0361 e. The summed E-state index contributed by atoms with van der Waals surface area (Å²) in [5, 5.41) is 7.75. The molecule has 0 N–H and O–H groups in total. The molecule has 0 aliphatic heterocycles. The highest BCUT2D eigenvalue weighted by Gasteiger charge is 2.36. The number of hydrogen-bond acceptors (Lipinski definition) is 1. The zero-order valence-electron chi connectivity index (χ0n) is 35.2. The van der Waals surface area contributed by atoms with E-state index in [2.05, 4.69) is 226 Å². The molecule has 13 rings (SSSR count). The lowest BCUT2D eigenvalue weighted by atomic mass is 9.79. The van der Waals surface area contributed by atoms with Crippen molar-refractivity contribution in [3.05, 3.63) is 251 Å². The molecule has 1 atom stereocenters. The Bertz CT molecular complexity index is 3690. The first kappa shape index (κ1) is 36.3. The van der Waals surface area contributed by atoms with E-state index in [4.69, 9.17) is 0 Å². The van der Waals surface area contributed by atoms with Gasteiger partial charge < -0.3 is 0 Å². The third kappa shape index (κ3) is 5.60. The summed E-state index contributed by atoms with van der Waals surface area (Å²) in [6.07, 6.45) is 2.45. The molecule has 1 aromatic heterocycles. The second-order valence-electron chi connectivity index (χ2n) is 18.0. The van der Waals surface area contributed by atoms with E-state index in [0.29, 0.717) is 0 Å². The molecule has 296 valence electrons. The van der Waals surface area contributed by atoms with Gasteiger partial charge in [0.25, 0.3) is 0 Å². The Kier molecular flexibility index (Phi) is 7.99. The molecule has 2 aliphatic carbocycles. The molecule has 63 heavy (non-hydrogen) atoms. The fraction of sp³-hybridized carbons (Fsp3) is 0.0645. The number of thiophene rings is 1.